The Morgan fingerprint density at radius 2 is 1.86 bits per heavy atom. The molecule has 1 aromatic carbocycles. The molecule has 184 valence electrons. The molecule has 1 amide bonds. The molecule has 1 aliphatic rings. The van der Waals surface area contributed by atoms with E-state index in [9.17, 15) is 18.0 Å². The third kappa shape index (κ3) is 4.84. The van der Waals surface area contributed by atoms with Crippen molar-refractivity contribution in [2.24, 2.45) is 5.92 Å². The van der Waals surface area contributed by atoms with E-state index in [1.807, 2.05) is 13.0 Å². The van der Waals surface area contributed by atoms with Gasteiger partial charge in [-0.1, -0.05) is 0 Å². The molecule has 1 saturated carbocycles. The molecule has 3 aromatic heterocycles. The average molecular weight is 493 g/mol. The molecule has 0 saturated heterocycles. The van der Waals surface area contributed by atoms with Gasteiger partial charge in [0.15, 0.2) is 5.82 Å². The fourth-order valence-electron chi connectivity index (χ4n) is 4.23. The van der Waals surface area contributed by atoms with Crippen LogP contribution in [0.4, 0.5) is 19.0 Å². The van der Waals surface area contributed by atoms with Gasteiger partial charge in [-0.3, -0.25) is 9.78 Å². The van der Waals surface area contributed by atoms with Crippen LogP contribution in [-0.2, 0) is 12.7 Å². The highest BCUT2D eigenvalue weighted by Gasteiger charge is 2.41. The molecule has 1 fully saturated rings. The van der Waals surface area contributed by atoms with Gasteiger partial charge in [-0.2, -0.15) is 13.2 Å². The van der Waals surface area contributed by atoms with Crippen LogP contribution in [-0.4, -0.2) is 30.7 Å². The molecule has 1 atom stereocenters. The summed E-state index contributed by atoms with van der Waals surface area (Å²) in [5, 5.41) is 0.763. The first-order valence-electron chi connectivity index (χ1n) is 11.5. The van der Waals surface area contributed by atoms with Gasteiger partial charge in [-0.25, -0.2) is 15.0 Å². The second-order valence-corrected chi connectivity index (χ2v) is 8.96. The number of aromatic nitrogens is 4. The SMILES string of the molecule is Cc1cc2cc(C(=O)N(Cc3ccc(C(F)(F)F)cn3)[C@@H](c3ncccn3)C3CC3)ccc2nc1N. The zero-order valence-corrected chi connectivity index (χ0v) is 19.4. The van der Waals surface area contributed by atoms with E-state index in [-0.39, 0.29) is 18.4 Å². The van der Waals surface area contributed by atoms with Crippen LogP contribution in [0.5, 0.6) is 0 Å². The minimum Gasteiger partial charge on any atom is -0.383 e. The van der Waals surface area contributed by atoms with Crippen LogP contribution in [0.2, 0.25) is 0 Å². The summed E-state index contributed by atoms with van der Waals surface area (Å²) in [6, 6.07) is 10.6. The lowest BCUT2D eigenvalue weighted by molar-refractivity contribution is -0.137. The largest absolute Gasteiger partial charge is 0.417 e. The van der Waals surface area contributed by atoms with Crippen molar-refractivity contribution in [1.29, 1.82) is 0 Å². The first kappa shape index (κ1) is 23.7. The Morgan fingerprint density at radius 3 is 2.50 bits per heavy atom. The number of anilines is 1. The molecule has 4 aromatic rings. The summed E-state index contributed by atoms with van der Waals surface area (Å²) in [4.78, 5) is 32.7. The first-order valence-corrected chi connectivity index (χ1v) is 11.5. The maximum absolute atomic E-state index is 13.9. The molecule has 0 bridgehead atoms. The molecular weight excluding hydrogens is 469 g/mol. The van der Waals surface area contributed by atoms with Gasteiger partial charge in [0.05, 0.1) is 29.4 Å². The van der Waals surface area contributed by atoms with E-state index in [1.165, 1.54) is 6.07 Å². The van der Waals surface area contributed by atoms with E-state index in [4.69, 9.17) is 5.73 Å². The maximum Gasteiger partial charge on any atom is 0.417 e. The summed E-state index contributed by atoms with van der Waals surface area (Å²) >= 11 is 0. The minimum atomic E-state index is -4.49. The quantitative estimate of drug-likeness (QED) is 0.401. The molecular formula is C26H23F3N6O. The Bertz CT molecular complexity index is 1410. The molecule has 10 heteroatoms. The molecule has 0 spiro atoms. The van der Waals surface area contributed by atoms with Gasteiger partial charge < -0.3 is 10.6 Å². The fraction of sp³-hybridized carbons (Fsp3) is 0.269. The van der Waals surface area contributed by atoms with Crippen molar-refractivity contribution in [3.05, 3.63) is 89.3 Å². The van der Waals surface area contributed by atoms with Gasteiger partial charge >= 0.3 is 6.18 Å². The highest BCUT2D eigenvalue weighted by atomic mass is 19.4. The van der Waals surface area contributed by atoms with Gasteiger partial charge in [0.25, 0.3) is 5.91 Å². The average Bonchev–Trinajstić information content (AvgIpc) is 3.69. The summed E-state index contributed by atoms with van der Waals surface area (Å²) in [6.45, 7) is 1.85. The predicted octanol–water partition coefficient (Wildman–Crippen LogP) is 5.12. The highest BCUT2D eigenvalue weighted by molar-refractivity contribution is 5.98. The third-order valence-corrected chi connectivity index (χ3v) is 6.29. The van der Waals surface area contributed by atoms with Crippen molar-refractivity contribution >= 4 is 22.6 Å². The van der Waals surface area contributed by atoms with Crippen molar-refractivity contribution < 1.29 is 18.0 Å². The van der Waals surface area contributed by atoms with Crippen molar-refractivity contribution in [2.45, 2.75) is 38.5 Å². The van der Waals surface area contributed by atoms with Crippen molar-refractivity contribution in [1.82, 2.24) is 24.8 Å². The number of nitrogen functional groups attached to an aromatic ring is 1. The number of benzene rings is 1. The topological polar surface area (TPSA) is 97.9 Å². The molecule has 36 heavy (non-hydrogen) atoms. The number of nitrogens with two attached hydrogens (primary N) is 1. The monoisotopic (exact) mass is 492 g/mol. The maximum atomic E-state index is 13.9. The van der Waals surface area contributed by atoms with Gasteiger partial charge in [0.1, 0.15) is 5.82 Å². The number of hydrogen-bond acceptors (Lipinski definition) is 6. The Morgan fingerprint density at radius 1 is 1.11 bits per heavy atom. The lowest BCUT2D eigenvalue weighted by Gasteiger charge is -2.31. The van der Waals surface area contributed by atoms with Crippen LogP contribution < -0.4 is 5.73 Å². The zero-order chi connectivity index (χ0) is 25.4. The molecule has 0 radical (unpaired) electrons. The van der Waals surface area contributed by atoms with E-state index >= 15 is 0 Å². The number of rotatable bonds is 6. The minimum absolute atomic E-state index is 0.00739. The van der Waals surface area contributed by atoms with Crippen molar-refractivity contribution in [3.8, 4) is 0 Å². The summed E-state index contributed by atoms with van der Waals surface area (Å²) in [6.07, 6.45) is 1.33. The van der Waals surface area contributed by atoms with Gasteiger partial charge in [-0.05, 0) is 73.7 Å². The Labute approximate surface area is 205 Å². The van der Waals surface area contributed by atoms with Gasteiger partial charge in [-0.15, -0.1) is 0 Å². The molecule has 0 unspecified atom stereocenters. The second kappa shape index (κ2) is 9.18. The summed E-state index contributed by atoms with van der Waals surface area (Å²) in [7, 11) is 0. The summed E-state index contributed by atoms with van der Waals surface area (Å²) < 4.78 is 39.1. The number of carbonyl (C=O) groups excluding carboxylic acids is 1. The normalized spacial score (nSPS) is 14.6. The van der Waals surface area contributed by atoms with Crippen LogP contribution in [0.15, 0.2) is 61.1 Å². The highest BCUT2D eigenvalue weighted by Crippen LogP contribution is 2.44. The van der Waals surface area contributed by atoms with E-state index in [2.05, 4.69) is 19.9 Å². The number of nitrogens with zero attached hydrogens (tertiary/aromatic N) is 5. The molecule has 5 rings (SSSR count). The Balaban J connectivity index is 1.55. The van der Waals surface area contributed by atoms with E-state index in [0.717, 1.165) is 36.1 Å². The first-order chi connectivity index (χ1) is 17.2. The Kier molecular flexibility index (Phi) is 6.03. The second-order valence-electron chi connectivity index (χ2n) is 8.96. The van der Waals surface area contributed by atoms with E-state index in [1.54, 1.807) is 41.6 Å². The van der Waals surface area contributed by atoms with Crippen LogP contribution in [0.3, 0.4) is 0 Å². The third-order valence-electron chi connectivity index (χ3n) is 6.29. The Hall–Kier alpha value is -4.08. The van der Waals surface area contributed by atoms with Crippen LogP contribution >= 0.6 is 0 Å². The smallest absolute Gasteiger partial charge is 0.383 e. The number of aryl methyl sites for hydroxylation is 1. The number of fused-ring (bicyclic) bond motifs is 1. The van der Waals surface area contributed by atoms with Gasteiger partial charge in [0.2, 0.25) is 0 Å². The predicted molar refractivity (Wildman–Crippen MR) is 128 cm³/mol. The standard InChI is InChI=1S/C26H23F3N6O/c1-15-11-18-12-17(5-8-21(18)34-23(15)30)25(36)35(14-20-7-6-19(13-33-20)26(27,28)29)22(16-3-4-16)24-31-9-2-10-32-24/h2,5-13,16,22H,3-4,14H2,1H3,(H2,30,34)/t22-/m1/s1. The van der Waals surface area contributed by atoms with Crippen LogP contribution in [0.25, 0.3) is 10.9 Å². The van der Waals surface area contributed by atoms with Crippen molar-refractivity contribution in [2.75, 3.05) is 5.73 Å². The molecule has 3 heterocycles. The number of pyridine rings is 2. The molecule has 1 aliphatic carbocycles. The lowest BCUT2D eigenvalue weighted by atomic mass is 10.0. The number of halogens is 3. The molecule has 2 N–H and O–H groups in total. The fourth-order valence-corrected chi connectivity index (χ4v) is 4.23. The van der Waals surface area contributed by atoms with Crippen LogP contribution in [0.1, 0.15) is 51.9 Å². The molecule has 7 nitrogen and oxygen atoms in total. The lowest BCUT2D eigenvalue weighted by Crippen LogP contribution is -2.37. The zero-order valence-electron chi connectivity index (χ0n) is 19.4. The summed E-state index contributed by atoms with van der Waals surface area (Å²) in [5.74, 6) is 0.769. The molecule has 0 aliphatic heterocycles. The number of hydrogen-bond donors (Lipinski definition) is 1. The number of amides is 1. The van der Waals surface area contributed by atoms with E-state index in [0.29, 0.717) is 28.4 Å². The van der Waals surface area contributed by atoms with Crippen LogP contribution in [0, 0.1) is 12.8 Å². The number of carbonyl (C=O) groups is 1. The van der Waals surface area contributed by atoms with Crippen molar-refractivity contribution in [3.63, 3.8) is 0 Å². The van der Waals surface area contributed by atoms with Gasteiger partial charge in [0, 0.05) is 29.5 Å². The van der Waals surface area contributed by atoms with E-state index < -0.39 is 17.8 Å². The summed E-state index contributed by atoms with van der Waals surface area (Å²) in [5.41, 5.74) is 7.30. The number of alkyl halides is 3.